The highest BCUT2D eigenvalue weighted by atomic mass is 32.1. The van der Waals surface area contributed by atoms with E-state index < -0.39 is 0 Å². The lowest BCUT2D eigenvalue weighted by molar-refractivity contribution is 0.240. The van der Waals surface area contributed by atoms with Crippen LogP contribution in [0.5, 0.6) is 0 Å². The van der Waals surface area contributed by atoms with Gasteiger partial charge >= 0.3 is 0 Å². The van der Waals surface area contributed by atoms with Gasteiger partial charge in [-0.15, -0.1) is 11.3 Å². The van der Waals surface area contributed by atoms with Crippen molar-refractivity contribution in [2.75, 3.05) is 13.1 Å². The lowest BCUT2D eigenvalue weighted by Crippen LogP contribution is -2.54. The molecule has 84 valence electrons. The van der Waals surface area contributed by atoms with Crippen LogP contribution in [0, 0.1) is 6.92 Å². The third-order valence-electron chi connectivity index (χ3n) is 3.05. The molecule has 0 radical (unpaired) electrons. The molecule has 3 N–H and O–H groups in total. The third kappa shape index (κ3) is 3.00. The molecule has 0 amide bonds. The Bertz CT molecular complexity index is 317. The number of hydrogen-bond donors (Lipinski definition) is 2. The van der Waals surface area contributed by atoms with Crippen LogP contribution in [-0.4, -0.2) is 23.6 Å². The quantitative estimate of drug-likeness (QED) is 0.746. The molecule has 0 spiro atoms. The van der Waals surface area contributed by atoms with Crippen LogP contribution in [0.2, 0.25) is 0 Å². The summed E-state index contributed by atoms with van der Waals surface area (Å²) in [7, 11) is 0. The van der Waals surface area contributed by atoms with Crippen molar-refractivity contribution in [3.05, 3.63) is 16.1 Å². The minimum absolute atomic E-state index is 0.0952. The van der Waals surface area contributed by atoms with Gasteiger partial charge < -0.3 is 11.1 Å². The Morgan fingerprint density at radius 1 is 1.60 bits per heavy atom. The zero-order chi connectivity index (χ0) is 10.7. The molecule has 1 aromatic rings. The summed E-state index contributed by atoms with van der Waals surface area (Å²) in [6.45, 7) is 3.99. The van der Waals surface area contributed by atoms with Crippen molar-refractivity contribution in [3.63, 3.8) is 0 Å². The topological polar surface area (TPSA) is 50.9 Å². The van der Waals surface area contributed by atoms with E-state index in [2.05, 4.69) is 15.7 Å². The van der Waals surface area contributed by atoms with E-state index in [1.54, 1.807) is 11.3 Å². The molecular formula is C11H19N3S. The van der Waals surface area contributed by atoms with Gasteiger partial charge in [-0.1, -0.05) is 0 Å². The SMILES string of the molecule is Cc1nc(CCNCC2(N)CCC2)cs1. The minimum atomic E-state index is 0.0952. The number of nitrogens with two attached hydrogens (primary N) is 1. The molecule has 4 heteroatoms. The normalized spacial score (nSPS) is 18.8. The molecule has 0 saturated heterocycles. The first kappa shape index (κ1) is 11.0. The molecule has 0 aromatic carbocycles. The molecule has 0 unspecified atom stereocenters. The molecule has 1 heterocycles. The van der Waals surface area contributed by atoms with Crippen molar-refractivity contribution < 1.29 is 0 Å². The number of aryl methyl sites for hydroxylation is 1. The number of nitrogens with zero attached hydrogens (tertiary/aromatic N) is 1. The van der Waals surface area contributed by atoms with Gasteiger partial charge in [0.15, 0.2) is 0 Å². The Balaban J connectivity index is 1.63. The van der Waals surface area contributed by atoms with Crippen molar-refractivity contribution in [2.45, 2.75) is 38.1 Å². The summed E-state index contributed by atoms with van der Waals surface area (Å²) in [6.07, 6.45) is 4.66. The highest BCUT2D eigenvalue weighted by Gasteiger charge is 2.31. The molecule has 1 aliphatic carbocycles. The summed E-state index contributed by atoms with van der Waals surface area (Å²) in [6, 6.07) is 0. The molecule has 1 aromatic heterocycles. The first-order valence-electron chi connectivity index (χ1n) is 5.59. The number of hydrogen-bond acceptors (Lipinski definition) is 4. The fourth-order valence-electron chi connectivity index (χ4n) is 1.88. The van der Waals surface area contributed by atoms with Gasteiger partial charge in [0.25, 0.3) is 0 Å². The van der Waals surface area contributed by atoms with E-state index >= 15 is 0 Å². The molecule has 0 bridgehead atoms. The highest BCUT2D eigenvalue weighted by molar-refractivity contribution is 7.09. The first-order valence-corrected chi connectivity index (χ1v) is 6.47. The minimum Gasteiger partial charge on any atom is -0.324 e. The van der Waals surface area contributed by atoms with Crippen LogP contribution in [0.3, 0.4) is 0 Å². The predicted molar refractivity (Wildman–Crippen MR) is 64.2 cm³/mol. The summed E-state index contributed by atoms with van der Waals surface area (Å²) in [5.74, 6) is 0. The van der Waals surface area contributed by atoms with E-state index in [9.17, 15) is 0 Å². The van der Waals surface area contributed by atoms with Crippen molar-refractivity contribution in [3.8, 4) is 0 Å². The van der Waals surface area contributed by atoms with Crippen LogP contribution in [-0.2, 0) is 6.42 Å². The Labute approximate surface area is 95.1 Å². The van der Waals surface area contributed by atoms with E-state index in [1.165, 1.54) is 25.0 Å². The van der Waals surface area contributed by atoms with Crippen LogP contribution < -0.4 is 11.1 Å². The first-order chi connectivity index (χ1) is 7.18. The standard InChI is InChI=1S/C11H19N3S/c1-9-14-10(7-15-9)3-6-13-8-11(12)4-2-5-11/h7,13H,2-6,8,12H2,1H3. The lowest BCUT2D eigenvalue weighted by Gasteiger charge is -2.38. The fourth-order valence-corrected chi connectivity index (χ4v) is 2.53. The Hall–Kier alpha value is -0.450. The summed E-state index contributed by atoms with van der Waals surface area (Å²) >= 11 is 1.72. The van der Waals surface area contributed by atoms with Gasteiger partial charge in [-0.2, -0.15) is 0 Å². The van der Waals surface area contributed by atoms with Crippen LogP contribution in [0.25, 0.3) is 0 Å². The van der Waals surface area contributed by atoms with Gasteiger partial charge in [-0.05, 0) is 26.2 Å². The van der Waals surface area contributed by atoms with Crippen molar-refractivity contribution in [1.82, 2.24) is 10.3 Å². The lowest BCUT2D eigenvalue weighted by atomic mass is 9.78. The second-order valence-corrected chi connectivity index (χ2v) is 5.56. The van der Waals surface area contributed by atoms with Crippen molar-refractivity contribution in [2.24, 2.45) is 5.73 Å². The Morgan fingerprint density at radius 2 is 2.40 bits per heavy atom. The van der Waals surface area contributed by atoms with Gasteiger partial charge in [-0.3, -0.25) is 0 Å². The molecule has 2 rings (SSSR count). The molecule has 1 fully saturated rings. The average molecular weight is 225 g/mol. The van der Waals surface area contributed by atoms with Gasteiger partial charge in [0, 0.05) is 30.4 Å². The summed E-state index contributed by atoms with van der Waals surface area (Å²) < 4.78 is 0. The maximum absolute atomic E-state index is 6.11. The van der Waals surface area contributed by atoms with E-state index in [-0.39, 0.29) is 5.54 Å². The molecule has 15 heavy (non-hydrogen) atoms. The van der Waals surface area contributed by atoms with Crippen LogP contribution in [0.15, 0.2) is 5.38 Å². The zero-order valence-corrected chi connectivity index (χ0v) is 10.1. The number of rotatable bonds is 5. The molecule has 0 aliphatic heterocycles. The zero-order valence-electron chi connectivity index (χ0n) is 9.25. The smallest absolute Gasteiger partial charge is 0.0897 e. The van der Waals surface area contributed by atoms with E-state index in [1.807, 2.05) is 6.92 Å². The van der Waals surface area contributed by atoms with E-state index in [0.29, 0.717) is 0 Å². The Morgan fingerprint density at radius 3 is 2.93 bits per heavy atom. The number of nitrogens with one attached hydrogen (secondary N) is 1. The summed E-state index contributed by atoms with van der Waals surface area (Å²) in [4.78, 5) is 4.43. The van der Waals surface area contributed by atoms with Crippen LogP contribution >= 0.6 is 11.3 Å². The largest absolute Gasteiger partial charge is 0.324 e. The summed E-state index contributed by atoms with van der Waals surface area (Å²) in [5, 5.41) is 6.71. The Kier molecular flexibility index (Phi) is 3.38. The second-order valence-electron chi connectivity index (χ2n) is 4.50. The fraction of sp³-hybridized carbons (Fsp3) is 0.727. The third-order valence-corrected chi connectivity index (χ3v) is 3.87. The molecule has 1 aliphatic rings. The molecule has 0 atom stereocenters. The van der Waals surface area contributed by atoms with Gasteiger partial charge in [0.05, 0.1) is 10.7 Å². The van der Waals surface area contributed by atoms with E-state index in [0.717, 1.165) is 24.5 Å². The van der Waals surface area contributed by atoms with Gasteiger partial charge in [0.2, 0.25) is 0 Å². The molecule has 3 nitrogen and oxygen atoms in total. The van der Waals surface area contributed by atoms with E-state index in [4.69, 9.17) is 5.73 Å². The second kappa shape index (κ2) is 4.60. The molecule has 1 saturated carbocycles. The maximum atomic E-state index is 6.11. The number of thiazole rings is 1. The maximum Gasteiger partial charge on any atom is 0.0897 e. The van der Waals surface area contributed by atoms with Crippen molar-refractivity contribution in [1.29, 1.82) is 0 Å². The number of aromatic nitrogens is 1. The van der Waals surface area contributed by atoms with Crippen LogP contribution in [0.1, 0.15) is 30.0 Å². The summed E-state index contributed by atoms with van der Waals surface area (Å²) in [5.41, 5.74) is 7.40. The predicted octanol–water partition coefficient (Wildman–Crippen LogP) is 1.47. The monoisotopic (exact) mass is 225 g/mol. The highest BCUT2D eigenvalue weighted by Crippen LogP contribution is 2.27. The van der Waals surface area contributed by atoms with Crippen molar-refractivity contribution >= 4 is 11.3 Å². The van der Waals surface area contributed by atoms with Crippen LogP contribution in [0.4, 0.5) is 0 Å². The molecular weight excluding hydrogens is 206 g/mol. The van der Waals surface area contributed by atoms with Gasteiger partial charge in [0.1, 0.15) is 0 Å². The average Bonchev–Trinajstić information content (AvgIpc) is 2.56. The van der Waals surface area contributed by atoms with Gasteiger partial charge in [-0.25, -0.2) is 4.98 Å².